The minimum absolute atomic E-state index is 0.376. The molecule has 2 rings (SSSR count). The molecule has 2 aliphatic carbocycles. The van der Waals surface area contributed by atoms with Crippen molar-refractivity contribution >= 4 is 5.78 Å². The maximum absolute atomic E-state index is 12.4. The van der Waals surface area contributed by atoms with E-state index in [0.717, 1.165) is 50.0 Å². The predicted octanol–water partition coefficient (Wildman–Crippen LogP) is 5.85. The summed E-state index contributed by atoms with van der Waals surface area (Å²) >= 11 is 0. The van der Waals surface area contributed by atoms with E-state index in [1.807, 2.05) is 0 Å². The monoisotopic (exact) mass is 288 g/mol. The summed E-state index contributed by atoms with van der Waals surface area (Å²) in [5.41, 5.74) is 1.57. The summed E-state index contributed by atoms with van der Waals surface area (Å²) in [5, 5.41) is 0. The molecule has 2 fully saturated rings. The molecular formula is C20H32O. The number of hydrogen-bond acceptors (Lipinski definition) is 1. The molecule has 0 radical (unpaired) electrons. The lowest BCUT2D eigenvalue weighted by molar-refractivity contribution is -0.117. The molecule has 0 bridgehead atoms. The Balaban J connectivity index is 1.85. The Bertz CT molecular complexity index is 414. The van der Waals surface area contributed by atoms with Crippen molar-refractivity contribution in [2.75, 3.05) is 0 Å². The van der Waals surface area contributed by atoms with E-state index in [0.29, 0.717) is 17.1 Å². The van der Waals surface area contributed by atoms with Gasteiger partial charge in [-0.2, -0.15) is 0 Å². The quantitative estimate of drug-likeness (QED) is 0.364. The summed E-state index contributed by atoms with van der Waals surface area (Å²) in [6.45, 7) is 6.77. The second-order valence-electron chi connectivity index (χ2n) is 7.35. The van der Waals surface area contributed by atoms with E-state index >= 15 is 0 Å². The van der Waals surface area contributed by atoms with E-state index in [1.165, 1.54) is 19.3 Å². The van der Waals surface area contributed by atoms with Crippen molar-refractivity contribution in [1.82, 2.24) is 0 Å². The van der Waals surface area contributed by atoms with Crippen LogP contribution in [0.2, 0.25) is 0 Å². The first-order chi connectivity index (χ1) is 10.1. The fraction of sp³-hybridized carbons (Fsp3) is 0.750. The van der Waals surface area contributed by atoms with Crippen LogP contribution in [0.3, 0.4) is 0 Å². The average molecular weight is 288 g/mol. The average Bonchev–Trinajstić information content (AvgIpc) is 3.37. The van der Waals surface area contributed by atoms with Crippen LogP contribution in [0.1, 0.15) is 78.6 Å². The van der Waals surface area contributed by atoms with Crippen molar-refractivity contribution < 1.29 is 4.79 Å². The van der Waals surface area contributed by atoms with Gasteiger partial charge < -0.3 is 0 Å². The number of carbonyl (C=O) groups excluding carboxylic acids is 1. The van der Waals surface area contributed by atoms with Gasteiger partial charge in [0.2, 0.25) is 0 Å². The summed E-state index contributed by atoms with van der Waals surface area (Å²) in [6.07, 6.45) is 17.3. The van der Waals surface area contributed by atoms with Crippen molar-refractivity contribution in [1.29, 1.82) is 0 Å². The third-order valence-electron chi connectivity index (χ3n) is 5.16. The standard InChI is InChI=1S/C20H32O/c1-4-6-8-9-11-18-15-20(18,3)14-17(10-7-5-2)19(21)16-12-13-16/h6,8,10,16,18H,4-5,7,9,11-15H2,1-3H3/b8-6-,17-10+. The highest BCUT2D eigenvalue weighted by atomic mass is 16.1. The molecule has 0 heterocycles. The van der Waals surface area contributed by atoms with Crippen LogP contribution in [0.15, 0.2) is 23.8 Å². The van der Waals surface area contributed by atoms with Crippen LogP contribution in [-0.4, -0.2) is 5.78 Å². The van der Waals surface area contributed by atoms with E-state index in [-0.39, 0.29) is 0 Å². The summed E-state index contributed by atoms with van der Waals surface area (Å²) in [7, 11) is 0. The fourth-order valence-electron chi connectivity index (χ4n) is 3.37. The molecule has 2 unspecified atom stereocenters. The smallest absolute Gasteiger partial charge is 0.161 e. The number of ketones is 1. The highest BCUT2D eigenvalue weighted by Gasteiger charge is 2.50. The lowest BCUT2D eigenvalue weighted by Crippen LogP contribution is -2.11. The Morgan fingerprint density at radius 2 is 1.95 bits per heavy atom. The Morgan fingerprint density at radius 1 is 1.19 bits per heavy atom. The van der Waals surface area contributed by atoms with Gasteiger partial charge in [0.1, 0.15) is 0 Å². The van der Waals surface area contributed by atoms with E-state index in [9.17, 15) is 4.79 Å². The zero-order valence-corrected chi connectivity index (χ0v) is 14.2. The first kappa shape index (κ1) is 16.5. The van der Waals surface area contributed by atoms with Crippen molar-refractivity contribution in [2.24, 2.45) is 17.3 Å². The van der Waals surface area contributed by atoms with E-state index < -0.39 is 0 Å². The molecule has 0 saturated heterocycles. The zero-order valence-electron chi connectivity index (χ0n) is 14.2. The SMILES string of the molecule is CC/C=C\CCC1CC1(C)C/C(=C\CCC)C(=O)C1CC1. The Labute approximate surface area is 130 Å². The van der Waals surface area contributed by atoms with Crippen LogP contribution < -0.4 is 0 Å². The van der Waals surface area contributed by atoms with Crippen LogP contribution in [0.4, 0.5) is 0 Å². The van der Waals surface area contributed by atoms with Gasteiger partial charge in [0, 0.05) is 5.92 Å². The molecule has 1 nitrogen and oxygen atoms in total. The molecule has 0 spiro atoms. The highest BCUT2D eigenvalue weighted by Crippen LogP contribution is 2.59. The second kappa shape index (κ2) is 7.42. The number of Topliss-reactive ketones (excluding diaryl/α,β-unsaturated/α-hetero) is 1. The Morgan fingerprint density at radius 3 is 2.57 bits per heavy atom. The van der Waals surface area contributed by atoms with Gasteiger partial charge in [-0.1, -0.05) is 45.4 Å². The molecule has 0 aliphatic heterocycles. The lowest BCUT2D eigenvalue weighted by atomic mass is 9.90. The molecule has 0 aromatic carbocycles. The number of unbranched alkanes of at least 4 members (excludes halogenated alkanes) is 1. The van der Waals surface area contributed by atoms with E-state index in [4.69, 9.17) is 0 Å². The molecule has 0 amide bonds. The van der Waals surface area contributed by atoms with Gasteiger partial charge >= 0.3 is 0 Å². The molecular weight excluding hydrogens is 256 g/mol. The Hall–Kier alpha value is -0.850. The molecule has 2 atom stereocenters. The van der Waals surface area contributed by atoms with Crippen LogP contribution in [0.25, 0.3) is 0 Å². The third-order valence-corrected chi connectivity index (χ3v) is 5.16. The maximum Gasteiger partial charge on any atom is 0.161 e. The maximum atomic E-state index is 12.4. The minimum Gasteiger partial charge on any atom is -0.294 e. The van der Waals surface area contributed by atoms with Gasteiger partial charge in [-0.25, -0.2) is 0 Å². The first-order valence-electron chi connectivity index (χ1n) is 8.99. The van der Waals surface area contributed by atoms with Gasteiger partial charge in [-0.3, -0.25) is 4.79 Å². The molecule has 0 N–H and O–H groups in total. The molecule has 0 aromatic rings. The van der Waals surface area contributed by atoms with Crippen molar-refractivity contribution in [3.05, 3.63) is 23.8 Å². The van der Waals surface area contributed by atoms with Gasteiger partial charge in [0.05, 0.1) is 0 Å². The summed E-state index contributed by atoms with van der Waals surface area (Å²) in [4.78, 5) is 12.4. The lowest BCUT2D eigenvalue weighted by Gasteiger charge is -2.14. The van der Waals surface area contributed by atoms with Crippen LogP contribution in [-0.2, 0) is 4.79 Å². The van der Waals surface area contributed by atoms with Crippen molar-refractivity contribution in [3.8, 4) is 0 Å². The molecule has 0 aromatic heterocycles. The highest BCUT2D eigenvalue weighted by molar-refractivity contribution is 5.98. The predicted molar refractivity (Wildman–Crippen MR) is 90.2 cm³/mol. The number of allylic oxidation sites excluding steroid dienone is 4. The largest absolute Gasteiger partial charge is 0.294 e. The molecule has 2 aliphatic rings. The second-order valence-corrected chi connectivity index (χ2v) is 7.35. The zero-order chi connectivity index (χ0) is 15.3. The van der Waals surface area contributed by atoms with Crippen LogP contribution in [0, 0.1) is 17.3 Å². The fourth-order valence-corrected chi connectivity index (χ4v) is 3.37. The normalized spacial score (nSPS) is 29.1. The minimum atomic E-state index is 0.376. The number of hydrogen-bond donors (Lipinski definition) is 0. The summed E-state index contributed by atoms with van der Waals surface area (Å²) in [6, 6.07) is 0. The molecule has 21 heavy (non-hydrogen) atoms. The van der Waals surface area contributed by atoms with Gasteiger partial charge in [0.25, 0.3) is 0 Å². The van der Waals surface area contributed by atoms with E-state index in [1.54, 1.807) is 0 Å². The van der Waals surface area contributed by atoms with Crippen molar-refractivity contribution in [3.63, 3.8) is 0 Å². The van der Waals surface area contributed by atoms with E-state index in [2.05, 4.69) is 39.0 Å². The van der Waals surface area contributed by atoms with Crippen LogP contribution >= 0.6 is 0 Å². The van der Waals surface area contributed by atoms with Gasteiger partial charge in [-0.15, -0.1) is 0 Å². The number of rotatable bonds is 10. The molecule has 118 valence electrons. The van der Waals surface area contributed by atoms with Crippen molar-refractivity contribution in [2.45, 2.75) is 78.6 Å². The summed E-state index contributed by atoms with van der Waals surface area (Å²) < 4.78 is 0. The topological polar surface area (TPSA) is 17.1 Å². The third kappa shape index (κ3) is 4.83. The first-order valence-corrected chi connectivity index (χ1v) is 8.99. The molecule has 2 saturated carbocycles. The summed E-state index contributed by atoms with van der Waals surface area (Å²) in [5.74, 6) is 1.68. The molecule has 1 heteroatoms. The van der Waals surface area contributed by atoms with Gasteiger partial charge in [-0.05, 0) is 68.3 Å². The van der Waals surface area contributed by atoms with Crippen LogP contribution in [0.5, 0.6) is 0 Å². The van der Waals surface area contributed by atoms with Gasteiger partial charge in [0.15, 0.2) is 5.78 Å². The Kier molecular flexibility index (Phi) is 5.84. The number of carbonyl (C=O) groups is 1.